The van der Waals surface area contributed by atoms with Gasteiger partial charge in [0, 0.05) is 32.5 Å². The van der Waals surface area contributed by atoms with Crippen molar-refractivity contribution in [3.05, 3.63) is 41.6 Å². The zero-order valence-corrected chi connectivity index (χ0v) is 11.5. The van der Waals surface area contributed by atoms with Crippen LogP contribution in [0.25, 0.3) is 0 Å². The molecular formula is C14H20N2O3. The Bertz CT molecular complexity index is 428. The van der Waals surface area contributed by atoms with Gasteiger partial charge >= 0.3 is 0 Å². The first-order valence-electron chi connectivity index (χ1n) is 5.88. The molecule has 0 radical (unpaired) electrons. The SMILES string of the molecule is COc1ccccc1CN/C(=C\C=N)C(OC)OC. The Balaban J connectivity index is 2.76. The minimum Gasteiger partial charge on any atom is -0.496 e. The number of methoxy groups -OCH3 is 3. The normalized spacial score (nSPS) is 11.5. The molecule has 5 nitrogen and oxygen atoms in total. The van der Waals surface area contributed by atoms with E-state index in [1.807, 2.05) is 24.3 Å². The van der Waals surface area contributed by atoms with E-state index in [1.165, 1.54) is 6.21 Å². The van der Waals surface area contributed by atoms with Crippen LogP contribution in [0.15, 0.2) is 36.0 Å². The molecular weight excluding hydrogens is 244 g/mol. The monoisotopic (exact) mass is 264 g/mol. The summed E-state index contributed by atoms with van der Waals surface area (Å²) < 4.78 is 15.6. The maximum atomic E-state index is 7.16. The Kier molecular flexibility index (Phi) is 6.63. The van der Waals surface area contributed by atoms with Gasteiger partial charge in [0.15, 0.2) is 6.29 Å². The minimum atomic E-state index is -0.517. The minimum absolute atomic E-state index is 0.517. The molecule has 0 bridgehead atoms. The van der Waals surface area contributed by atoms with Crippen molar-refractivity contribution in [2.24, 2.45) is 0 Å². The van der Waals surface area contributed by atoms with Crippen molar-refractivity contribution in [3.8, 4) is 5.75 Å². The van der Waals surface area contributed by atoms with E-state index >= 15 is 0 Å². The van der Waals surface area contributed by atoms with E-state index < -0.39 is 6.29 Å². The van der Waals surface area contributed by atoms with Gasteiger partial charge in [0.1, 0.15) is 5.75 Å². The number of nitrogens with one attached hydrogen (secondary N) is 2. The van der Waals surface area contributed by atoms with Crippen LogP contribution >= 0.6 is 0 Å². The smallest absolute Gasteiger partial charge is 0.198 e. The van der Waals surface area contributed by atoms with Crippen LogP contribution in [0.3, 0.4) is 0 Å². The van der Waals surface area contributed by atoms with Gasteiger partial charge in [-0.05, 0) is 12.1 Å². The molecule has 0 saturated carbocycles. The lowest BCUT2D eigenvalue weighted by Crippen LogP contribution is -2.27. The van der Waals surface area contributed by atoms with Gasteiger partial charge in [-0.15, -0.1) is 0 Å². The lowest BCUT2D eigenvalue weighted by Gasteiger charge is -2.19. The standard InChI is InChI=1S/C14H20N2O3/c1-17-13-7-5-4-6-11(13)10-16-12(8-9-15)14(18-2)19-3/h4-9,14-16H,10H2,1-3H3/b12-8-,15-9?. The highest BCUT2D eigenvalue weighted by Gasteiger charge is 2.12. The summed E-state index contributed by atoms with van der Waals surface area (Å²) in [6.45, 7) is 0.562. The topological polar surface area (TPSA) is 63.6 Å². The van der Waals surface area contributed by atoms with Gasteiger partial charge in [-0.25, -0.2) is 0 Å². The molecule has 1 aromatic carbocycles. The molecule has 0 saturated heterocycles. The molecule has 0 aliphatic rings. The Morgan fingerprint density at radius 3 is 2.53 bits per heavy atom. The van der Waals surface area contributed by atoms with Gasteiger partial charge in [-0.3, -0.25) is 0 Å². The summed E-state index contributed by atoms with van der Waals surface area (Å²) in [5.41, 5.74) is 1.71. The van der Waals surface area contributed by atoms with Crippen LogP contribution in [0, 0.1) is 5.41 Å². The molecule has 19 heavy (non-hydrogen) atoms. The first kappa shape index (κ1) is 15.2. The second kappa shape index (κ2) is 8.29. The molecule has 1 rings (SSSR count). The number of para-hydroxylation sites is 1. The van der Waals surface area contributed by atoms with E-state index in [2.05, 4.69) is 5.32 Å². The molecule has 5 heteroatoms. The fourth-order valence-corrected chi connectivity index (χ4v) is 1.71. The van der Waals surface area contributed by atoms with E-state index in [4.69, 9.17) is 19.6 Å². The molecule has 104 valence electrons. The van der Waals surface area contributed by atoms with Crippen LogP contribution in [0.5, 0.6) is 5.75 Å². The zero-order chi connectivity index (χ0) is 14.1. The van der Waals surface area contributed by atoms with Crippen molar-refractivity contribution in [1.82, 2.24) is 5.32 Å². The van der Waals surface area contributed by atoms with Gasteiger partial charge in [0.05, 0.1) is 12.8 Å². The highest BCUT2D eigenvalue weighted by molar-refractivity contribution is 5.68. The van der Waals surface area contributed by atoms with E-state index in [-0.39, 0.29) is 0 Å². The van der Waals surface area contributed by atoms with Crippen LogP contribution in [0.2, 0.25) is 0 Å². The number of rotatable bonds is 8. The predicted molar refractivity (Wildman–Crippen MR) is 74.5 cm³/mol. The average Bonchev–Trinajstić information content (AvgIpc) is 2.46. The van der Waals surface area contributed by atoms with Crippen molar-refractivity contribution in [3.63, 3.8) is 0 Å². The van der Waals surface area contributed by atoms with Gasteiger partial charge in [-0.1, -0.05) is 18.2 Å². The number of hydrogen-bond acceptors (Lipinski definition) is 5. The molecule has 0 fully saturated rings. The van der Waals surface area contributed by atoms with Crippen molar-refractivity contribution < 1.29 is 14.2 Å². The number of ether oxygens (including phenoxy) is 3. The molecule has 0 aliphatic carbocycles. The zero-order valence-electron chi connectivity index (χ0n) is 11.5. The first-order chi connectivity index (χ1) is 9.26. The number of benzene rings is 1. The molecule has 0 amide bonds. The molecule has 0 aromatic heterocycles. The van der Waals surface area contributed by atoms with Crippen molar-refractivity contribution in [2.75, 3.05) is 21.3 Å². The summed E-state index contributed by atoms with van der Waals surface area (Å²) in [4.78, 5) is 0. The third-order valence-corrected chi connectivity index (χ3v) is 2.62. The van der Waals surface area contributed by atoms with Crippen molar-refractivity contribution in [1.29, 1.82) is 5.41 Å². The molecule has 0 unspecified atom stereocenters. The maximum absolute atomic E-state index is 7.16. The van der Waals surface area contributed by atoms with Crippen LogP contribution in [0.4, 0.5) is 0 Å². The van der Waals surface area contributed by atoms with Crippen LogP contribution < -0.4 is 10.1 Å². The van der Waals surface area contributed by atoms with Crippen LogP contribution in [-0.2, 0) is 16.0 Å². The van der Waals surface area contributed by atoms with E-state index in [1.54, 1.807) is 27.4 Å². The highest BCUT2D eigenvalue weighted by Crippen LogP contribution is 2.17. The van der Waals surface area contributed by atoms with Crippen molar-refractivity contribution >= 4 is 6.21 Å². The molecule has 0 aliphatic heterocycles. The van der Waals surface area contributed by atoms with Crippen LogP contribution in [0.1, 0.15) is 5.56 Å². The van der Waals surface area contributed by atoms with Gasteiger partial charge < -0.3 is 24.9 Å². The second-order valence-corrected chi connectivity index (χ2v) is 3.76. The molecule has 1 aromatic rings. The summed E-state index contributed by atoms with van der Waals surface area (Å²) >= 11 is 0. The summed E-state index contributed by atoms with van der Waals surface area (Å²) in [5, 5.41) is 10.4. The maximum Gasteiger partial charge on any atom is 0.198 e. The van der Waals surface area contributed by atoms with Gasteiger partial charge in [0.25, 0.3) is 0 Å². The largest absolute Gasteiger partial charge is 0.496 e. The quantitative estimate of drug-likeness (QED) is 0.556. The third kappa shape index (κ3) is 4.39. The van der Waals surface area contributed by atoms with E-state index in [9.17, 15) is 0 Å². The fraction of sp³-hybridized carbons (Fsp3) is 0.357. The molecule has 0 heterocycles. The Labute approximate surface area is 113 Å². The lowest BCUT2D eigenvalue weighted by atomic mass is 10.2. The summed E-state index contributed by atoms with van der Waals surface area (Å²) in [6.07, 6.45) is 2.28. The van der Waals surface area contributed by atoms with Crippen molar-refractivity contribution in [2.45, 2.75) is 12.8 Å². The summed E-state index contributed by atoms with van der Waals surface area (Å²) in [7, 11) is 4.74. The fourth-order valence-electron chi connectivity index (χ4n) is 1.71. The third-order valence-electron chi connectivity index (χ3n) is 2.62. The summed E-state index contributed by atoms with van der Waals surface area (Å²) in [5.74, 6) is 0.815. The molecule has 0 spiro atoms. The van der Waals surface area contributed by atoms with Gasteiger partial charge in [0.2, 0.25) is 0 Å². The number of hydrogen-bond donors (Lipinski definition) is 2. The van der Waals surface area contributed by atoms with Gasteiger partial charge in [-0.2, -0.15) is 0 Å². The predicted octanol–water partition coefficient (Wildman–Crippen LogP) is 1.94. The van der Waals surface area contributed by atoms with Crippen LogP contribution in [-0.4, -0.2) is 33.8 Å². The molecule has 2 N–H and O–H groups in total. The highest BCUT2D eigenvalue weighted by atomic mass is 16.7. The number of allylic oxidation sites excluding steroid dienone is 1. The van der Waals surface area contributed by atoms with E-state index in [0.717, 1.165) is 11.3 Å². The Hall–Kier alpha value is -1.85. The Morgan fingerprint density at radius 1 is 1.26 bits per heavy atom. The first-order valence-corrected chi connectivity index (χ1v) is 5.88. The second-order valence-electron chi connectivity index (χ2n) is 3.76. The summed E-state index contributed by atoms with van der Waals surface area (Å²) in [6, 6.07) is 7.75. The molecule has 0 atom stereocenters. The van der Waals surface area contributed by atoms with E-state index in [0.29, 0.717) is 12.2 Å². The lowest BCUT2D eigenvalue weighted by molar-refractivity contribution is -0.0786. The Morgan fingerprint density at radius 2 is 1.95 bits per heavy atom. The average molecular weight is 264 g/mol.